The Balaban J connectivity index is 1.74. The minimum atomic E-state index is -0.857. The second-order valence-corrected chi connectivity index (χ2v) is 6.91. The highest BCUT2D eigenvalue weighted by molar-refractivity contribution is 5.97. The summed E-state index contributed by atoms with van der Waals surface area (Å²) in [5.74, 6) is -0.807. The van der Waals surface area contributed by atoms with E-state index in [2.05, 4.69) is 4.99 Å². The molecule has 0 spiro atoms. The van der Waals surface area contributed by atoms with Crippen molar-refractivity contribution in [3.05, 3.63) is 46.4 Å². The molecule has 1 aromatic rings. The fraction of sp³-hybridized carbons (Fsp3) is 0.421. The SMILES string of the molecule is CC(C=N)N=CC1=C(N)CN(C(=O)c2ccc(F)cc2CC2CC2F)C1. The van der Waals surface area contributed by atoms with Gasteiger partial charge in [-0.3, -0.25) is 9.79 Å². The molecule has 1 aliphatic carbocycles. The van der Waals surface area contributed by atoms with Crippen LogP contribution in [0.5, 0.6) is 0 Å². The van der Waals surface area contributed by atoms with E-state index in [1.807, 2.05) is 0 Å². The molecule has 1 amide bonds. The van der Waals surface area contributed by atoms with Crippen LogP contribution in [0, 0.1) is 17.1 Å². The van der Waals surface area contributed by atoms with E-state index in [0.29, 0.717) is 36.2 Å². The zero-order valence-corrected chi connectivity index (χ0v) is 14.6. The van der Waals surface area contributed by atoms with E-state index >= 15 is 0 Å². The second-order valence-electron chi connectivity index (χ2n) is 6.91. The van der Waals surface area contributed by atoms with Crippen LogP contribution in [0.25, 0.3) is 0 Å². The van der Waals surface area contributed by atoms with Crippen molar-refractivity contribution < 1.29 is 13.6 Å². The molecule has 0 radical (unpaired) electrons. The molecule has 0 aromatic heterocycles. The Morgan fingerprint density at radius 2 is 2.23 bits per heavy atom. The molecule has 5 nitrogen and oxygen atoms in total. The van der Waals surface area contributed by atoms with Crippen LogP contribution in [-0.2, 0) is 6.42 Å². The number of carbonyl (C=O) groups excluding carboxylic acids is 1. The van der Waals surface area contributed by atoms with Crippen LogP contribution < -0.4 is 5.73 Å². The third-order valence-corrected chi connectivity index (χ3v) is 4.74. The molecule has 138 valence electrons. The van der Waals surface area contributed by atoms with Crippen LogP contribution in [-0.4, -0.2) is 48.5 Å². The van der Waals surface area contributed by atoms with Gasteiger partial charge in [0, 0.05) is 35.8 Å². The van der Waals surface area contributed by atoms with Gasteiger partial charge in [-0.15, -0.1) is 0 Å². The van der Waals surface area contributed by atoms with Crippen LogP contribution in [0.15, 0.2) is 34.5 Å². The monoisotopic (exact) mass is 360 g/mol. The first-order valence-corrected chi connectivity index (χ1v) is 8.62. The minimum absolute atomic E-state index is 0.129. The normalized spacial score (nSPS) is 23.6. The number of nitrogens with one attached hydrogen (secondary N) is 1. The first kappa shape index (κ1) is 18.2. The van der Waals surface area contributed by atoms with Gasteiger partial charge >= 0.3 is 0 Å². The van der Waals surface area contributed by atoms with E-state index < -0.39 is 12.0 Å². The highest BCUT2D eigenvalue weighted by Crippen LogP contribution is 2.37. The van der Waals surface area contributed by atoms with Crippen molar-refractivity contribution in [2.75, 3.05) is 13.1 Å². The predicted molar refractivity (Wildman–Crippen MR) is 97.0 cm³/mol. The molecule has 0 bridgehead atoms. The van der Waals surface area contributed by atoms with Crippen molar-refractivity contribution in [3.63, 3.8) is 0 Å². The number of hydrogen-bond donors (Lipinski definition) is 2. The molecule has 7 heteroatoms. The summed E-state index contributed by atoms with van der Waals surface area (Å²) >= 11 is 0. The standard InChI is InChI=1S/C19H22F2N4O/c1-11(7-22)24-8-14-9-25(10-18(14)23)19(26)16-3-2-15(20)5-12(16)4-13-6-17(13)21/h2-3,5,7-8,11,13,17,22H,4,6,9-10,23H2,1H3. The van der Waals surface area contributed by atoms with Crippen molar-refractivity contribution in [2.24, 2.45) is 16.6 Å². The van der Waals surface area contributed by atoms with Gasteiger partial charge in [-0.25, -0.2) is 8.78 Å². The topological polar surface area (TPSA) is 82.5 Å². The Morgan fingerprint density at radius 1 is 1.50 bits per heavy atom. The highest BCUT2D eigenvalue weighted by Gasteiger charge is 2.38. The highest BCUT2D eigenvalue weighted by atomic mass is 19.1. The molecule has 1 aliphatic heterocycles. The van der Waals surface area contributed by atoms with Gasteiger partial charge in [-0.2, -0.15) is 0 Å². The van der Waals surface area contributed by atoms with Gasteiger partial charge in [0.1, 0.15) is 12.0 Å². The van der Waals surface area contributed by atoms with E-state index in [9.17, 15) is 13.6 Å². The fourth-order valence-electron chi connectivity index (χ4n) is 3.00. The average Bonchev–Trinajstić information content (AvgIpc) is 3.17. The summed E-state index contributed by atoms with van der Waals surface area (Å²) in [4.78, 5) is 18.7. The number of nitrogens with two attached hydrogens (primary N) is 1. The van der Waals surface area contributed by atoms with Crippen LogP contribution in [0.1, 0.15) is 29.3 Å². The maximum absolute atomic E-state index is 13.6. The number of halogens is 2. The number of nitrogens with zero attached hydrogens (tertiary/aromatic N) is 2. The molecular formula is C19H22F2N4O. The van der Waals surface area contributed by atoms with Crippen molar-refractivity contribution >= 4 is 18.3 Å². The summed E-state index contributed by atoms with van der Waals surface area (Å²) in [7, 11) is 0. The third kappa shape index (κ3) is 3.98. The van der Waals surface area contributed by atoms with Crippen LogP contribution in [0.2, 0.25) is 0 Å². The van der Waals surface area contributed by atoms with Crippen LogP contribution >= 0.6 is 0 Å². The van der Waals surface area contributed by atoms with Crippen molar-refractivity contribution in [2.45, 2.75) is 32.0 Å². The van der Waals surface area contributed by atoms with E-state index in [4.69, 9.17) is 11.1 Å². The Bertz CT molecular complexity index is 790. The largest absolute Gasteiger partial charge is 0.400 e. The summed E-state index contributed by atoms with van der Waals surface area (Å²) in [5, 5.41) is 7.16. The molecule has 1 fully saturated rings. The number of rotatable bonds is 6. The molecule has 0 saturated heterocycles. The molecule has 3 unspecified atom stereocenters. The Hall–Kier alpha value is -2.57. The van der Waals surface area contributed by atoms with E-state index in [-0.39, 0.29) is 24.4 Å². The second kappa shape index (κ2) is 7.35. The van der Waals surface area contributed by atoms with Gasteiger partial charge < -0.3 is 16.0 Å². The zero-order chi connectivity index (χ0) is 18.8. The summed E-state index contributed by atoms with van der Waals surface area (Å²) in [6, 6.07) is 3.77. The number of benzene rings is 1. The van der Waals surface area contributed by atoms with E-state index in [1.54, 1.807) is 18.0 Å². The lowest BCUT2D eigenvalue weighted by atomic mass is 10.0. The van der Waals surface area contributed by atoms with Crippen molar-refractivity contribution in [1.82, 2.24) is 4.90 Å². The molecule has 3 N–H and O–H groups in total. The van der Waals surface area contributed by atoms with Gasteiger partial charge in [-0.1, -0.05) is 0 Å². The molecule has 1 aromatic carbocycles. The van der Waals surface area contributed by atoms with Crippen LogP contribution in [0.3, 0.4) is 0 Å². The summed E-state index contributed by atoms with van der Waals surface area (Å²) in [6.45, 7) is 2.36. The van der Waals surface area contributed by atoms with E-state index in [1.165, 1.54) is 24.4 Å². The molecule has 1 heterocycles. The number of hydrogen-bond acceptors (Lipinski definition) is 4. The van der Waals surface area contributed by atoms with Gasteiger partial charge in [0.2, 0.25) is 0 Å². The van der Waals surface area contributed by atoms with Gasteiger partial charge in [0.25, 0.3) is 5.91 Å². The molecule has 2 aliphatic rings. The lowest BCUT2D eigenvalue weighted by Gasteiger charge is -2.18. The number of aliphatic imine (C=N–C) groups is 1. The maximum Gasteiger partial charge on any atom is 0.254 e. The summed E-state index contributed by atoms with van der Waals surface area (Å²) in [6.07, 6.45) is 2.79. The molecule has 1 saturated carbocycles. The number of alkyl halides is 1. The predicted octanol–water partition coefficient (Wildman–Crippen LogP) is 2.50. The molecule has 3 atom stereocenters. The summed E-state index contributed by atoms with van der Waals surface area (Å²) in [5.41, 5.74) is 8.23. The zero-order valence-electron chi connectivity index (χ0n) is 14.6. The maximum atomic E-state index is 13.6. The lowest BCUT2D eigenvalue weighted by Crippen LogP contribution is -2.31. The van der Waals surface area contributed by atoms with E-state index in [0.717, 1.165) is 5.57 Å². The third-order valence-electron chi connectivity index (χ3n) is 4.74. The summed E-state index contributed by atoms with van der Waals surface area (Å²) < 4.78 is 26.8. The number of amides is 1. The molecule has 3 rings (SSSR count). The fourth-order valence-corrected chi connectivity index (χ4v) is 3.00. The Labute approximate surface area is 151 Å². The van der Waals surface area contributed by atoms with Gasteiger partial charge in [0.15, 0.2) is 0 Å². The molecular weight excluding hydrogens is 338 g/mol. The van der Waals surface area contributed by atoms with Crippen LogP contribution in [0.4, 0.5) is 8.78 Å². The quantitative estimate of drug-likeness (QED) is 0.764. The Morgan fingerprint density at radius 3 is 2.88 bits per heavy atom. The van der Waals surface area contributed by atoms with Crippen molar-refractivity contribution in [3.8, 4) is 0 Å². The Kier molecular flexibility index (Phi) is 5.15. The average molecular weight is 360 g/mol. The number of carbonyl (C=O) groups is 1. The first-order chi connectivity index (χ1) is 12.4. The molecule has 26 heavy (non-hydrogen) atoms. The van der Waals surface area contributed by atoms with Crippen molar-refractivity contribution in [1.29, 1.82) is 5.41 Å². The first-order valence-electron chi connectivity index (χ1n) is 8.62. The lowest BCUT2D eigenvalue weighted by molar-refractivity contribution is 0.0795. The minimum Gasteiger partial charge on any atom is -0.400 e. The smallest absolute Gasteiger partial charge is 0.254 e. The van der Waals surface area contributed by atoms with Gasteiger partial charge in [-0.05, 0) is 49.4 Å². The van der Waals surface area contributed by atoms with Gasteiger partial charge in [0.05, 0.1) is 12.6 Å².